The lowest BCUT2D eigenvalue weighted by Gasteiger charge is -2.08. The van der Waals surface area contributed by atoms with Crippen molar-refractivity contribution in [2.45, 2.75) is 0 Å². The molecule has 1 aromatic carbocycles. The lowest BCUT2D eigenvalue weighted by molar-refractivity contribution is 0.112. The fourth-order valence-electron chi connectivity index (χ4n) is 1.41. The minimum absolute atomic E-state index is 0.402. The summed E-state index contributed by atoms with van der Waals surface area (Å²) in [5.41, 5.74) is 0.497. The van der Waals surface area contributed by atoms with E-state index in [0.717, 1.165) is 12.0 Å². The fraction of sp³-hybridized carbons (Fsp3) is 0.143. The van der Waals surface area contributed by atoms with Gasteiger partial charge in [-0.15, -0.1) is 0 Å². The van der Waals surface area contributed by atoms with Gasteiger partial charge in [0.2, 0.25) is 0 Å². The second-order valence-corrected chi connectivity index (χ2v) is 3.58. The summed E-state index contributed by atoms with van der Waals surface area (Å²) in [4.78, 5) is 14.4. The summed E-state index contributed by atoms with van der Waals surface area (Å²) in [6, 6.07) is 11.2. The van der Waals surface area contributed by atoms with Crippen LogP contribution in [0.2, 0.25) is 0 Å². The zero-order valence-corrected chi connectivity index (χ0v) is 9.78. The maximum atomic E-state index is 10.6. The predicted octanol–water partition coefficient (Wildman–Crippen LogP) is 2.35. The number of carbonyl (C=O) groups excluding carboxylic acids is 1. The smallest absolute Gasteiger partial charge is 0.151 e. The van der Waals surface area contributed by atoms with E-state index in [1.807, 2.05) is 30.3 Å². The highest BCUT2D eigenvalue weighted by atomic mass is 16.5. The van der Waals surface area contributed by atoms with Crippen molar-refractivity contribution >= 4 is 6.29 Å². The van der Waals surface area contributed by atoms with Crippen LogP contribution in [0.25, 0.3) is 0 Å². The third-order valence-electron chi connectivity index (χ3n) is 2.23. The molecule has 1 aromatic heterocycles. The molecule has 2 rings (SSSR count). The molecule has 0 N–H and O–H groups in total. The first-order valence-electron chi connectivity index (χ1n) is 5.59. The van der Waals surface area contributed by atoms with Gasteiger partial charge >= 0.3 is 0 Å². The number of ether oxygens (including phenoxy) is 2. The number of para-hydroxylation sites is 1. The maximum absolute atomic E-state index is 10.6. The Morgan fingerprint density at radius 1 is 1.00 bits per heavy atom. The van der Waals surface area contributed by atoms with Gasteiger partial charge in [-0.1, -0.05) is 18.2 Å². The first kappa shape index (κ1) is 12.1. The fourth-order valence-corrected chi connectivity index (χ4v) is 1.41. The van der Waals surface area contributed by atoms with Crippen LogP contribution in [0.4, 0.5) is 0 Å². The zero-order chi connectivity index (χ0) is 12.6. The minimum Gasteiger partial charge on any atom is -0.490 e. The van der Waals surface area contributed by atoms with Crippen LogP contribution in [0.5, 0.6) is 11.5 Å². The monoisotopic (exact) mass is 243 g/mol. The summed E-state index contributed by atoms with van der Waals surface area (Å²) < 4.78 is 10.9. The summed E-state index contributed by atoms with van der Waals surface area (Å²) in [5, 5.41) is 0. The molecule has 0 aliphatic rings. The Labute approximate surface area is 105 Å². The van der Waals surface area contributed by atoms with E-state index in [1.54, 1.807) is 12.3 Å². The molecule has 0 amide bonds. The van der Waals surface area contributed by atoms with E-state index < -0.39 is 0 Å². The van der Waals surface area contributed by atoms with Gasteiger partial charge < -0.3 is 9.47 Å². The Balaban J connectivity index is 1.76. The largest absolute Gasteiger partial charge is 0.490 e. The van der Waals surface area contributed by atoms with Crippen molar-refractivity contribution in [1.82, 2.24) is 4.98 Å². The molecule has 0 aliphatic heterocycles. The number of pyridine rings is 1. The van der Waals surface area contributed by atoms with Crippen molar-refractivity contribution in [3.05, 3.63) is 54.4 Å². The third kappa shape index (κ3) is 3.59. The predicted molar refractivity (Wildman–Crippen MR) is 67.1 cm³/mol. The Kier molecular flexibility index (Phi) is 4.30. The second-order valence-electron chi connectivity index (χ2n) is 3.58. The minimum atomic E-state index is 0.402. The van der Waals surface area contributed by atoms with Crippen LogP contribution < -0.4 is 9.47 Å². The lowest BCUT2D eigenvalue weighted by atomic mass is 10.3. The van der Waals surface area contributed by atoms with Gasteiger partial charge in [0.25, 0.3) is 0 Å². The molecular weight excluding hydrogens is 230 g/mol. The number of hydrogen-bond acceptors (Lipinski definition) is 4. The molecule has 0 unspecified atom stereocenters. The topological polar surface area (TPSA) is 48.4 Å². The van der Waals surface area contributed by atoms with Crippen LogP contribution >= 0.6 is 0 Å². The highest BCUT2D eigenvalue weighted by Crippen LogP contribution is 2.11. The molecule has 0 atom stereocenters. The van der Waals surface area contributed by atoms with Crippen LogP contribution in [0, 0.1) is 0 Å². The number of aldehydes is 1. The van der Waals surface area contributed by atoms with Gasteiger partial charge in [0.1, 0.15) is 24.7 Å². The quantitative estimate of drug-likeness (QED) is 0.577. The molecule has 0 bridgehead atoms. The number of nitrogens with zero attached hydrogens (tertiary/aromatic N) is 1. The summed E-state index contributed by atoms with van der Waals surface area (Å²) in [5.74, 6) is 1.37. The molecule has 0 saturated carbocycles. The van der Waals surface area contributed by atoms with E-state index in [-0.39, 0.29) is 0 Å². The Bertz CT molecular complexity index is 499. The number of hydrogen-bond donors (Lipinski definition) is 0. The number of aromatic nitrogens is 1. The summed E-state index contributed by atoms with van der Waals surface area (Å²) in [6.45, 7) is 0.841. The van der Waals surface area contributed by atoms with Gasteiger partial charge in [-0.2, -0.15) is 0 Å². The molecule has 4 heteroatoms. The molecule has 1 heterocycles. The second kappa shape index (κ2) is 6.39. The highest BCUT2D eigenvalue weighted by Gasteiger charge is 1.97. The molecule has 0 fully saturated rings. The van der Waals surface area contributed by atoms with E-state index in [9.17, 15) is 4.79 Å². The number of rotatable bonds is 6. The van der Waals surface area contributed by atoms with Crippen molar-refractivity contribution < 1.29 is 14.3 Å². The van der Waals surface area contributed by atoms with E-state index in [4.69, 9.17) is 9.47 Å². The van der Waals surface area contributed by atoms with Gasteiger partial charge in [0, 0.05) is 11.8 Å². The molecule has 0 aliphatic carbocycles. The van der Waals surface area contributed by atoms with Crippen molar-refractivity contribution in [3.8, 4) is 11.5 Å². The highest BCUT2D eigenvalue weighted by molar-refractivity contribution is 5.74. The van der Waals surface area contributed by atoms with Crippen LogP contribution in [0.15, 0.2) is 48.8 Å². The Morgan fingerprint density at radius 3 is 2.44 bits per heavy atom. The molecule has 0 spiro atoms. The van der Waals surface area contributed by atoms with Crippen molar-refractivity contribution in [2.75, 3.05) is 13.2 Å². The van der Waals surface area contributed by atoms with Crippen LogP contribution in [-0.4, -0.2) is 24.5 Å². The average Bonchev–Trinajstić information content (AvgIpc) is 2.45. The molecule has 2 aromatic rings. The molecule has 92 valence electrons. The number of carbonyl (C=O) groups is 1. The molecule has 0 radical (unpaired) electrons. The van der Waals surface area contributed by atoms with Gasteiger partial charge in [-0.05, 0) is 18.2 Å². The van der Waals surface area contributed by atoms with Gasteiger partial charge in [-0.25, -0.2) is 0 Å². The maximum Gasteiger partial charge on any atom is 0.151 e. The van der Waals surface area contributed by atoms with E-state index in [1.165, 1.54) is 6.20 Å². The molecular formula is C14H13NO3. The Morgan fingerprint density at radius 2 is 1.72 bits per heavy atom. The summed E-state index contributed by atoms with van der Waals surface area (Å²) in [7, 11) is 0. The standard InChI is InChI=1S/C14H13NO3/c16-11-12-8-14(10-15-9-12)18-7-6-17-13-4-2-1-3-5-13/h1-5,8-11H,6-7H2. The van der Waals surface area contributed by atoms with Crippen molar-refractivity contribution in [3.63, 3.8) is 0 Å². The molecule has 0 saturated heterocycles. The number of benzene rings is 1. The van der Waals surface area contributed by atoms with Gasteiger partial charge in [0.05, 0.1) is 6.20 Å². The normalized spacial score (nSPS) is 9.78. The van der Waals surface area contributed by atoms with Crippen LogP contribution in [-0.2, 0) is 0 Å². The van der Waals surface area contributed by atoms with Crippen LogP contribution in [0.1, 0.15) is 10.4 Å². The average molecular weight is 243 g/mol. The zero-order valence-electron chi connectivity index (χ0n) is 9.78. The van der Waals surface area contributed by atoms with E-state index >= 15 is 0 Å². The summed E-state index contributed by atoms with van der Waals surface area (Å²) >= 11 is 0. The SMILES string of the molecule is O=Cc1cncc(OCCOc2ccccc2)c1. The molecule has 18 heavy (non-hydrogen) atoms. The van der Waals surface area contributed by atoms with Crippen molar-refractivity contribution in [2.24, 2.45) is 0 Å². The first-order chi connectivity index (χ1) is 8.88. The van der Waals surface area contributed by atoms with E-state index in [2.05, 4.69) is 4.98 Å². The third-order valence-corrected chi connectivity index (χ3v) is 2.23. The van der Waals surface area contributed by atoms with Gasteiger partial charge in [-0.3, -0.25) is 9.78 Å². The van der Waals surface area contributed by atoms with Crippen LogP contribution in [0.3, 0.4) is 0 Å². The summed E-state index contributed by atoms with van der Waals surface area (Å²) in [6.07, 6.45) is 3.79. The first-order valence-corrected chi connectivity index (χ1v) is 5.59. The Hall–Kier alpha value is -2.36. The van der Waals surface area contributed by atoms with Crippen molar-refractivity contribution in [1.29, 1.82) is 0 Å². The lowest BCUT2D eigenvalue weighted by Crippen LogP contribution is -2.09. The van der Waals surface area contributed by atoms with E-state index in [0.29, 0.717) is 24.5 Å². The van der Waals surface area contributed by atoms with Gasteiger partial charge in [0.15, 0.2) is 6.29 Å². The molecule has 4 nitrogen and oxygen atoms in total.